The summed E-state index contributed by atoms with van der Waals surface area (Å²) in [7, 11) is -3.76. The maximum Gasteiger partial charge on any atom is 0.266 e. The van der Waals surface area contributed by atoms with Crippen LogP contribution in [-0.4, -0.2) is 23.4 Å². The molecule has 0 aromatic heterocycles. The maximum atomic E-state index is 13.5. The monoisotopic (exact) mass is 386 g/mol. The zero-order chi connectivity index (χ0) is 18.9. The first kappa shape index (κ1) is 18.7. The second-order valence-electron chi connectivity index (χ2n) is 6.47. The summed E-state index contributed by atoms with van der Waals surface area (Å²) >= 11 is 1.33. The predicted molar refractivity (Wildman–Crippen MR) is 109 cm³/mol. The molecular formula is C20H22N2O2S2. The molecule has 1 saturated heterocycles. The highest BCUT2D eigenvalue weighted by Crippen LogP contribution is 2.47. The highest BCUT2D eigenvalue weighted by Gasteiger charge is 2.50. The predicted octanol–water partition coefficient (Wildman–Crippen LogP) is 5.10. The molecule has 0 bridgehead atoms. The van der Waals surface area contributed by atoms with Gasteiger partial charge in [0.25, 0.3) is 10.0 Å². The Balaban J connectivity index is 2.16. The molecule has 2 aromatic rings. The summed E-state index contributed by atoms with van der Waals surface area (Å²) in [4.78, 5) is 5.65. The van der Waals surface area contributed by atoms with Crippen LogP contribution in [0.4, 0.5) is 5.69 Å². The van der Waals surface area contributed by atoms with Gasteiger partial charge in [-0.25, -0.2) is 17.7 Å². The summed E-state index contributed by atoms with van der Waals surface area (Å²) < 4.78 is 28.3. The molecule has 1 heterocycles. The van der Waals surface area contributed by atoms with Gasteiger partial charge in [0.1, 0.15) is 0 Å². The fourth-order valence-corrected chi connectivity index (χ4v) is 6.07. The van der Waals surface area contributed by atoms with Crippen molar-refractivity contribution in [3.8, 4) is 0 Å². The third kappa shape index (κ3) is 3.19. The van der Waals surface area contributed by atoms with E-state index in [4.69, 9.17) is 0 Å². The van der Waals surface area contributed by atoms with Crippen molar-refractivity contribution < 1.29 is 8.42 Å². The molecule has 26 heavy (non-hydrogen) atoms. The average Bonchev–Trinajstić information content (AvgIpc) is 2.87. The Labute approximate surface area is 159 Å². The van der Waals surface area contributed by atoms with Crippen LogP contribution < -0.4 is 0 Å². The van der Waals surface area contributed by atoms with Gasteiger partial charge in [-0.1, -0.05) is 61.2 Å². The maximum absolute atomic E-state index is 13.5. The Morgan fingerprint density at radius 1 is 1.12 bits per heavy atom. The summed E-state index contributed by atoms with van der Waals surface area (Å²) in [6.45, 7) is 9.92. The Hall–Kier alpha value is -2.05. The SMILES string of the molecule is C=C1SC(=Nc2ccccc2)N(S(=O)(=O)c2ccc(C)cc2)C1(C)CC. The van der Waals surface area contributed by atoms with E-state index in [-0.39, 0.29) is 4.90 Å². The second kappa shape index (κ2) is 6.93. The molecule has 0 aliphatic carbocycles. The molecule has 1 aliphatic heterocycles. The van der Waals surface area contributed by atoms with Gasteiger partial charge in [0, 0.05) is 4.91 Å². The number of sulfonamides is 1. The van der Waals surface area contributed by atoms with Crippen LogP contribution in [0.2, 0.25) is 0 Å². The minimum atomic E-state index is -3.76. The normalized spacial score (nSPS) is 22.2. The molecule has 0 saturated carbocycles. The quantitative estimate of drug-likeness (QED) is 0.734. The topological polar surface area (TPSA) is 49.7 Å². The molecule has 0 N–H and O–H groups in total. The Bertz CT molecular complexity index is 951. The number of hydrogen-bond acceptors (Lipinski definition) is 4. The standard InChI is InChI=1S/C20H22N2O2S2/c1-5-20(4)16(3)25-19(21-17-9-7-6-8-10-17)22(20)26(23,24)18-13-11-15(2)12-14-18/h6-14H,3,5H2,1-2,4H3. The smallest absolute Gasteiger partial charge is 0.233 e. The van der Waals surface area contributed by atoms with Crippen LogP contribution in [0.1, 0.15) is 25.8 Å². The molecule has 4 nitrogen and oxygen atoms in total. The number of thioether (sulfide) groups is 1. The van der Waals surface area contributed by atoms with Gasteiger partial charge in [-0.2, -0.15) is 0 Å². The van der Waals surface area contributed by atoms with Gasteiger partial charge in [0.2, 0.25) is 0 Å². The fourth-order valence-electron chi connectivity index (χ4n) is 2.79. The van der Waals surface area contributed by atoms with E-state index >= 15 is 0 Å². The number of aliphatic imine (C=N–C) groups is 1. The summed E-state index contributed by atoms with van der Waals surface area (Å²) in [5.74, 6) is 0. The van der Waals surface area contributed by atoms with Crippen molar-refractivity contribution in [2.45, 2.75) is 37.6 Å². The van der Waals surface area contributed by atoms with Gasteiger partial charge < -0.3 is 0 Å². The van der Waals surface area contributed by atoms with Crippen molar-refractivity contribution in [3.63, 3.8) is 0 Å². The molecule has 0 radical (unpaired) electrons. The lowest BCUT2D eigenvalue weighted by molar-refractivity contribution is 0.354. The number of benzene rings is 2. The van der Waals surface area contributed by atoms with E-state index < -0.39 is 15.6 Å². The van der Waals surface area contributed by atoms with Crippen LogP contribution in [0.25, 0.3) is 0 Å². The third-order valence-electron chi connectivity index (χ3n) is 4.67. The lowest BCUT2D eigenvalue weighted by atomic mass is 9.99. The molecule has 0 amide bonds. The summed E-state index contributed by atoms with van der Waals surface area (Å²) in [6.07, 6.45) is 0.609. The zero-order valence-corrected chi connectivity index (χ0v) is 16.8. The fraction of sp³-hybridized carbons (Fsp3) is 0.250. The van der Waals surface area contributed by atoms with Crippen molar-refractivity contribution in [3.05, 3.63) is 71.6 Å². The van der Waals surface area contributed by atoms with Crippen molar-refractivity contribution >= 4 is 32.6 Å². The van der Waals surface area contributed by atoms with Gasteiger partial charge in [0.05, 0.1) is 16.1 Å². The number of amidine groups is 1. The second-order valence-corrected chi connectivity index (χ2v) is 9.31. The zero-order valence-electron chi connectivity index (χ0n) is 15.1. The van der Waals surface area contributed by atoms with Crippen LogP contribution in [0.5, 0.6) is 0 Å². The van der Waals surface area contributed by atoms with E-state index in [1.165, 1.54) is 16.1 Å². The molecule has 2 aromatic carbocycles. The van der Waals surface area contributed by atoms with E-state index in [2.05, 4.69) is 11.6 Å². The van der Waals surface area contributed by atoms with E-state index in [9.17, 15) is 8.42 Å². The van der Waals surface area contributed by atoms with E-state index in [1.807, 2.05) is 63.2 Å². The molecular weight excluding hydrogens is 364 g/mol. The highest BCUT2D eigenvalue weighted by molar-refractivity contribution is 8.18. The molecule has 1 unspecified atom stereocenters. The third-order valence-corrected chi connectivity index (χ3v) is 7.85. The van der Waals surface area contributed by atoms with Gasteiger partial charge in [-0.05, 0) is 44.5 Å². The minimum absolute atomic E-state index is 0.263. The van der Waals surface area contributed by atoms with Crippen molar-refractivity contribution in [2.24, 2.45) is 4.99 Å². The number of rotatable bonds is 4. The van der Waals surface area contributed by atoms with Crippen LogP contribution in [0, 0.1) is 6.92 Å². The van der Waals surface area contributed by atoms with Crippen molar-refractivity contribution in [1.29, 1.82) is 0 Å². The van der Waals surface area contributed by atoms with Gasteiger partial charge in [0.15, 0.2) is 5.17 Å². The largest absolute Gasteiger partial charge is 0.266 e. The lowest BCUT2D eigenvalue weighted by Crippen LogP contribution is -2.47. The van der Waals surface area contributed by atoms with Gasteiger partial charge >= 0.3 is 0 Å². The number of hydrogen-bond donors (Lipinski definition) is 0. The van der Waals surface area contributed by atoms with Crippen molar-refractivity contribution in [2.75, 3.05) is 0 Å². The first-order valence-electron chi connectivity index (χ1n) is 8.42. The molecule has 6 heteroatoms. The Morgan fingerprint density at radius 3 is 2.31 bits per heavy atom. The summed E-state index contributed by atoms with van der Waals surface area (Å²) in [5, 5.41) is 0.436. The van der Waals surface area contributed by atoms with Crippen LogP contribution in [0.3, 0.4) is 0 Å². The van der Waals surface area contributed by atoms with Crippen LogP contribution in [-0.2, 0) is 10.0 Å². The Kier molecular flexibility index (Phi) is 4.99. The first-order valence-corrected chi connectivity index (χ1v) is 10.7. The minimum Gasteiger partial charge on any atom is -0.233 e. The number of para-hydroxylation sites is 1. The summed E-state index contributed by atoms with van der Waals surface area (Å²) in [6, 6.07) is 16.3. The molecule has 1 fully saturated rings. The van der Waals surface area contributed by atoms with Crippen LogP contribution >= 0.6 is 11.8 Å². The number of aryl methyl sites for hydroxylation is 1. The van der Waals surface area contributed by atoms with Crippen LogP contribution in [0.15, 0.2) is 76.0 Å². The Morgan fingerprint density at radius 2 is 1.73 bits per heavy atom. The van der Waals surface area contributed by atoms with Crippen molar-refractivity contribution in [1.82, 2.24) is 4.31 Å². The molecule has 1 atom stereocenters. The van der Waals surface area contributed by atoms with E-state index in [0.29, 0.717) is 17.3 Å². The summed E-state index contributed by atoms with van der Waals surface area (Å²) in [5.41, 5.74) is 1.01. The first-order chi connectivity index (χ1) is 12.3. The molecule has 136 valence electrons. The molecule has 3 rings (SSSR count). The van der Waals surface area contributed by atoms with E-state index in [1.54, 1.807) is 12.1 Å². The highest BCUT2D eigenvalue weighted by atomic mass is 32.2. The number of nitrogens with zero attached hydrogens (tertiary/aromatic N) is 2. The average molecular weight is 387 g/mol. The molecule has 0 spiro atoms. The van der Waals surface area contributed by atoms with Gasteiger partial charge in [-0.3, -0.25) is 0 Å². The van der Waals surface area contributed by atoms with Gasteiger partial charge in [-0.15, -0.1) is 0 Å². The lowest BCUT2D eigenvalue weighted by Gasteiger charge is -2.34. The van der Waals surface area contributed by atoms with E-state index in [0.717, 1.165) is 10.5 Å². The molecule has 1 aliphatic rings.